The van der Waals surface area contributed by atoms with Gasteiger partial charge in [-0.25, -0.2) is 0 Å². The Kier molecular flexibility index (Phi) is 4.87. The van der Waals surface area contributed by atoms with E-state index in [0.717, 1.165) is 26.3 Å². The van der Waals surface area contributed by atoms with Crippen molar-refractivity contribution >= 4 is 17.5 Å². The van der Waals surface area contributed by atoms with Gasteiger partial charge in [0.15, 0.2) is 0 Å². The van der Waals surface area contributed by atoms with Crippen LogP contribution in [-0.4, -0.2) is 42.5 Å². The zero-order valence-corrected chi connectivity index (χ0v) is 10.5. The molecule has 0 bridgehead atoms. The molecule has 0 spiro atoms. The monoisotopic (exact) mass is 233 g/mol. The topological polar surface area (TPSA) is 29.5 Å². The molecule has 0 aromatic rings. The summed E-state index contributed by atoms with van der Waals surface area (Å²) < 4.78 is 5.41. The quantitative estimate of drug-likeness (QED) is 0.693. The predicted octanol–water partition coefficient (Wildman–Crippen LogP) is 1.74. The Hall–Kier alpha value is -0.280. The summed E-state index contributed by atoms with van der Waals surface area (Å²) in [5.74, 6) is 1.02. The summed E-state index contributed by atoms with van der Waals surface area (Å²) >= 11 is 5.79. The average molecular weight is 234 g/mol. The number of rotatable bonds is 4. The normalized spacial score (nSPS) is 28.1. The number of hydrogen-bond acceptors (Lipinski definition) is 2. The fourth-order valence-electron chi connectivity index (χ4n) is 1.95. The van der Waals surface area contributed by atoms with Gasteiger partial charge < -0.3 is 9.64 Å². The molecule has 0 radical (unpaired) electrons. The molecule has 0 aromatic carbocycles. The lowest BCUT2D eigenvalue weighted by Gasteiger charge is -2.17. The Morgan fingerprint density at radius 2 is 2.27 bits per heavy atom. The largest absolute Gasteiger partial charge is 0.381 e. The van der Waals surface area contributed by atoms with Gasteiger partial charge in [0, 0.05) is 25.6 Å². The summed E-state index contributed by atoms with van der Waals surface area (Å²) in [6.07, 6.45) is 0. The second-order valence-electron chi connectivity index (χ2n) is 4.26. The van der Waals surface area contributed by atoms with Crippen LogP contribution in [0.15, 0.2) is 0 Å². The maximum absolute atomic E-state index is 11.7. The van der Waals surface area contributed by atoms with Crippen LogP contribution in [0.1, 0.15) is 20.8 Å². The fourth-order valence-corrected chi connectivity index (χ4v) is 2.09. The first-order valence-electron chi connectivity index (χ1n) is 5.56. The molecular weight excluding hydrogens is 214 g/mol. The Morgan fingerprint density at radius 1 is 1.60 bits per heavy atom. The Morgan fingerprint density at radius 3 is 2.80 bits per heavy atom. The second-order valence-corrected chi connectivity index (χ2v) is 4.91. The molecule has 3 atom stereocenters. The van der Waals surface area contributed by atoms with Crippen molar-refractivity contribution in [3.05, 3.63) is 0 Å². The lowest BCUT2D eigenvalue weighted by Crippen LogP contribution is -2.34. The molecular formula is C11H20ClNO2. The Bertz CT molecular complexity index is 221. The van der Waals surface area contributed by atoms with Crippen molar-refractivity contribution < 1.29 is 9.53 Å². The van der Waals surface area contributed by atoms with E-state index < -0.39 is 5.38 Å². The highest BCUT2D eigenvalue weighted by molar-refractivity contribution is 6.30. The van der Waals surface area contributed by atoms with E-state index in [1.165, 1.54) is 0 Å². The number of carbonyl (C=O) groups is 1. The molecule has 0 aromatic heterocycles. The SMILES string of the molecule is CCOC[C@@H]1CN(C(=O)[C@@H](C)Cl)C[C@@H]1C. The summed E-state index contributed by atoms with van der Waals surface area (Å²) in [4.78, 5) is 13.5. The van der Waals surface area contributed by atoms with Gasteiger partial charge in [-0.05, 0) is 19.8 Å². The van der Waals surface area contributed by atoms with Gasteiger partial charge in [0.1, 0.15) is 5.38 Å². The van der Waals surface area contributed by atoms with Crippen LogP contribution in [0.25, 0.3) is 0 Å². The fraction of sp³-hybridized carbons (Fsp3) is 0.909. The molecule has 1 aliphatic rings. The smallest absolute Gasteiger partial charge is 0.240 e. The number of ether oxygens (including phenoxy) is 1. The molecule has 0 unspecified atom stereocenters. The number of halogens is 1. The van der Waals surface area contributed by atoms with Crippen LogP contribution in [0.5, 0.6) is 0 Å². The van der Waals surface area contributed by atoms with Gasteiger partial charge >= 0.3 is 0 Å². The van der Waals surface area contributed by atoms with Crippen LogP contribution in [0.3, 0.4) is 0 Å². The summed E-state index contributed by atoms with van der Waals surface area (Å²) in [5, 5.41) is -0.414. The number of nitrogens with zero attached hydrogens (tertiary/aromatic N) is 1. The van der Waals surface area contributed by atoms with E-state index in [1.807, 2.05) is 11.8 Å². The van der Waals surface area contributed by atoms with Crippen molar-refractivity contribution in [3.8, 4) is 0 Å². The molecule has 1 heterocycles. The first-order valence-corrected chi connectivity index (χ1v) is 6.00. The molecule has 88 valence electrons. The molecule has 0 saturated carbocycles. The lowest BCUT2D eigenvalue weighted by molar-refractivity contribution is -0.129. The minimum Gasteiger partial charge on any atom is -0.381 e. The highest BCUT2D eigenvalue weighted by Crippen LogP contribution is 2.24. The van der Waals surface area contributed by atoms with Gasteiger partial charge in [-0.3, -0.25) is 4.79 Å². The summed E-state index contributed by atoms with van der Waals surface area (Å²) in [6, 6.07) is 0. The summed E-state index contributed by atoms with van der Waals surface area (Å²) in [6.45, 7) is 8.97. The van der Waals surface area contributed by atoms with Crippen LogP contribution in [0, 0.1) is 11.8 Å². The van der Waals surface area contributed by atoms with Gasteiger partial charge in [-0.1, -0.05) is 6.92 Å². The summed E-state index contributed by atoms with van der Waals surface area (Å²) in [5.41, 5.74) is 0. The predicted molar refractivity (Wildman–Crippen MR) is 61.0 cm³/mol. The molecule has 15 heavy (non-hydrogen) atoms. The lowest BCUT2D eigenvalue weighted by atomic mass is 9.99. The Balaban J connectivity index is 2.44. The molecule has 1 fully saturated rings. The van der Waals surface area contributed by atoms with E-state index in [0.29, 0.717) is 11.8 Å². The second kappa shape index (κ2) is 5.71. The average Bonchev–Trinajstić information content (AvgIpc) is 2.55. The minimum absolute atomic E-state index is 0.0440. The van der Waals surface area contributed by atoms with Crippen molar-refractivity contribution in [1.29, 1.82) is 0 Å². The van der Waals surface area contributed by atoms with Gasteiger partial charge in [0.05, 0.1) is 6.61 Å². The Labute approximate surface area is 96.7 Å². The minimum atomic E-state index is -0.414. The maximum atomic E-state index is 11.7. The van der Waals surface area contributed by atoms with Crippen LogP contribution in [-0.2, 0) is 9.53 Å². The molecule has 1 amide bonds. The van der Waals surface area contributed by atoms with Gasteiger partial charge in [-0.2, -0.15) is 0 Å². The third kappa shape index (κ3) is 3.35. The van der Waals surface area contributed by atoms with E-state index in [4.69, 9.17) is 16.3 Å². The van der Waals surface area contributed by atoms with E-state index in [9.17, 15) is 4.79 Å². The van der Waals surface area contributed by atoms with Gasteiger partial charge in [0.25, 0.3) is 0 Å². The van der Waals surface area contributed by atoms with Crippen LogP contribution >= 0.6 is 11.6 Å². The number of amides is 1. The number of likely N-dealkylation sites (tertiary alicyclic amines) is 1. The standard InChI is InChI=1S/C11H20ClNO2/c1-4-15-7-10-6-13(5-8(10)2)11(14)9(3)12/h8-10H,4-7H2,1-3H3/t8-,9+,10-/m0/s1. The first-order chi connectivity index (χ1) is 7.06. The number of carbonyl (C=O) groups excluding carboxylic acids is 1. The van der Waals surface area contributed by atoms with E-state index in [2.05, 4.69) is 6.92 Å². The van der Waals surface area contributed by atoms with Crippen LogP contribution in [0.2, 0.25) is 0 Å². The third-order valence-electron chi connectivity index (χ3n) is 2.96. The maximum Gasteiger partial charge on any atom is 0.240 e. The molecule has 4 heteroatoms. The molecule has 1 aliphatic heterocycles. The first kappa shape index (κ1) is 12.8. The third-order valence-corrected chi connectivity index (χ3v) is 3.14. The zero-order chi connectivity index (χ0) is 11.4. The highest BCUT2D eigenvalue weighted by atomic mass is 35.5. The van der Waals surface area contributed by atoms with Crippen molar-refractivity contribution in [1.82, 2.24) is 4.90 Å². The van der Waals surface area contributed by atoms with E-state index in [1.54, 1.807) is 6.92 Å². The molecule has 1 rings (SSSR count). The highest BCUT2D eigenvalue weighted by Gasteiger charge is 2.33. The van der Waals surface area contributed by atoms with Crippen molar-refractivity contribution in [3.63, 3.8) is 0 Å². The van der Waals surface area contributed by atoms with Crippen LogP contribution < -0.4 is 0 Å². The van der Waals surface area contributed by atoms with Crippen molar-refractivity contribution in [2.24, 2.45) is 11.8 Å². The number of alkyl halides is 1. The molecule has 0 aliphatic carbocycles. The molecule has 3 nitrogen and oxygen atoms in total. The van der Waals surface area contributed by atoms with Gasteiger partial charge in [-0.15, -0.1) is 11.6 Å². The molecule has 1 saturated heterocycles. The molecule has 0 N–H and O–H groups in total. The van der Waals surface area contributed by atoms with Gasteiger partial charge in [0.2, 0.25) is 5.91 Å². The summed E-state index contributed by atoms with van der Waals surface area (Å²) in [7, 11) is 0. The van der Waals surface area contributed by atoms with E-state index in [-0.39, 0.29) is 5.91 Å². The van der Waals surface area contributed by atoms with E-state index >= 15 is 0 Å². The van der Waals surface area contributed by atoms with Crippen LogP contribution in [0.4, 0.5) is 0 Å². The number of hydrogen-bond donors (Lipinski definition) is 0. The zero-order valence-electron chi connectivity index (χ0n) is 9.70. The van der Waals surface area contributed by atoms with Crippen molar-refractivity contribution in [2.45, 2.75) is 26.1 Å². The van der Waals surface area contributed by atoms with Crippen molar-refractivity contribution in [2.75, 3.05) is 26.3 Å².